The molecule has 11 nitrogen and oxygen atoms in total. The van der Waals surface area contributed by atoms with Gasteiger partial charge in [-0.1, -0.05) is 132 Å². The number of alkyl halides is 3. The van der Waals surface area contributed by atoms with Crippen molar-refractivity contribution in [3.05, 3.63) is 95.1 Å². The predicted molar refractivity (Wildman–Crippen MR) is 245 cm³/mol. The van der Waals surface area contributed by atoms with Crippen LogP contribution in [0.5, 0.6) is 0 Å². The number of aromatic nitrogens is 8. The van der Waals surface area contributed by atoms with Crippen molar-refractivity contribution >= 4 is 54.3 Å². The number of nitrogens with zero attached hydrogens (tertiary/aromatic N) is 8. The van der Waals surface area contributed by atoms with E-state index in [2.05, 4.69) is 156 Å². The molecule has 65 heavy (non-hydrogen) atoms. The summed E-state index contributed by atoms with van der Waals surface area (Å²) < 4.78 is 58.9. The zero-order valence-electron chi connectivity index (χ0n) is 38.2. The van der Waals surface area contributed by atoms with E-state index < -0.39 is 15.6 Å². The largest absolute Gasteiger partial charge is 3.00 e. The van der Waals surface area contributed by atoms with Crippen molar-refractivity contribution in [2.75, 3.05) is 0 Å². The molecule has 5 heterocycles. The third kappa shape index (κ3) is 9.06. The first-order chi connectivity index (χ1) is 29.5. The third-order valence-corrected chi connectivity index (χ3v) is 12.0. The van der Waals surface area contributed by atoms with Crippen molar-refractivity contribution < 1.29 is 43.5 Å². The Bertz CT molecular complexity index is 3150. The van der Waals surface area contributed by atoms with E-state index in [1.807, 2.05) is 0 Å². The van der Waals surface area contributed by atoms with Crippen LogP contribution < -0.4 is 9.97 Å². The molecule has 0 N–H and O–H groups in total. The van der Waals surface area contributed by atoms with Crippen LogP contribution in [0.2, 0.25) is 0 Å². The smallest absolute Gasteiger partial charge is 0.741 e. The van der Waals surface area contributed by atoms with Crippen LogP contribution in [0.15, 0.2) is 72.8 Å². The maximum absolute atomic E-state index is 10.7. The van der Waals surface area contributed by atoms with Crippen LogP contribution in [-0.4, -0.2) is 48.4 Å². The summed E-state index contributed by atoms with van der Waals surface area (Å²) in [6.07, 6.45) is 0. The first kappa shape index (κ1) is 47.4. The van der Waals surface area contributed by atoms with Gasteiger partial charge in [0.15, 0.2) is 10.1 Å². The number of hydrogen-bond acceptors (Lipinski definition) is 9. The van der Waals surface area contributed by atoms with Crippen molar-refractivity contribution in [3.8, 4) is 45.6 Å². The van der Waals surface area contributed by atoms with Crippen LogP contribution >= 0.6 is 0 Å². The zero-order chi connectivity index (χ0) is 46.7. The van der Waals surface area contributed by atoms with Crippen LogP contribution in [0.3, 0.4) is 0 Å². The molecular formula is C49H48CrF3N8O3S. The summed E-state index contributed by atoms with van der Waals surface area (Å²) in [7, 11) is -6.09. The Balaban J connectivity index is 0.000000642. The minimum atomic E-state index is -6.09. The van der Waals surface area contributed by atoms with Gasteiger partial charge in [0.05, 0.1) is 23.3 Å². The van der Waals surface area contributed by atoms with Crippen molar-refractivity contribution in [1.29, 1.82) is 0 Å². The molecule has 2 aliphatic rings. The zero-order valence-corrected chi connectivity index (χ0v) is 40.3. The van der Waals surface area contributed by atoms with E-state index in [1.54, 1.807) is 0 Å². The number of benzene rings is 4. The molecule has 4 aromatic carbocycles. The summed E-state index contributed by atoms with van der Waals surface area (Å²) in [4.78, 5) is 41.6. The fraction of sp³-hybridized carbons (Fsp3) is 0.347. The predicted octanol–water partition coefficient (Wildman–Crippen LogP) is 11.4. The van der Waals surface area contributed by atoms with Crippen LogP contribution in [-0.2, 0) is 49.1 Å². The number of fused-ring (bicyclic) bond motifs is 20. The van der Waals surface area contributed by atoms with Crippen molar-refractivity contribution in [2.45, 2.75) is 110 Å². The first-order valence-electron chi connectivity index (χ1n) is 20.8. The summed E-state index contributed by atoms with van der Waals surface area (Å²) in [5.74, 6) is 2.24. The van der Waals surface area contributed by atoms with Crippen molar-refractivity contribution in [2.24, 2.45) is 0 Å². The molecule has 16 heteroatoms. The fourth-order valence-electron chi connectivity index (χ4n) is 7.53. The van der Waals surface area contributed by atoms with E-state index in [0.717, 1.165) is 43.8 Å². The summed E-state index contributed by atoms with van der Waals surface area (Å²) in [5, 5.41) is 3.64. The van der Waals surface area contributed by atoms with Gasteiger partial charge in [-0.25, -0.2) is 18.4 Å². The van der Waals surface area contributed by atoms with E-state index in [-0.39, 0.29) is 39.0 Å². The Morgan fingerprint density at radius 2 is 0.677 bits per heavy atom. The average Bonchev–Trinajstić information content (AvgIpc) is 3.90. The topological polar surface area (TPSA) is 163 Å². The summed E-state index contributed by atoms with van der Waals surface area (Å²) in [6, 6.07) is 25.9. The van der Waals surface area contributed by atoms with Gasteiger partial charge >= 0.3 is 22.9 Å². The Morgan fingerprint density at radius 1 is 0.415 bits per heavy atom. The second kappa shape index (κ2) is 15.8. The molecule has 9 rings (SSSR count). The van der Waals surface area contributed by atoms with Crippen molar-refractivity contribution in [3.63, 3.8) is 0 Å². The molecule has 0 saturated carbocycles. The molecule has 8 bridgehead atoms. The second-order valence-corrected chi connectivity index (χ2v) is 21.8. The van der Waals surface area contributed by atoms with Crippen molar-refractivity contribution in [1.82, 2.24) is 39.9 Å². The van der Waals surface area contributed by atoms with Gasteiger partial charge in [-0.3, -0.25) is 0 Å². The van der Waals surface area contributed by atoms with Crippen LogP contribution in [0.4, 0.5) is 13.2 Å². The molecule has 0 spiro atoms. The monoisotopic (exact) mass is 937 g/mol. The quantitative estimate of drug-likeness (QED) is 0.105. The minimum Gasteiger partial charge on any atom is -0.741 e. The molecule has 0 saturated heterocycles. The minimum absolute atomic E-state index is 0. The van der Waals surface area contributed by atoms with E-state index >= 15 is 0 Å². The second-order valence-electron chi connectivity index (χ2n) is 20.4. The Kier molecular flexibility index (Phi) is 11.5. The maximum atomic E-state index is 10.7. The Labute approximate surface area is 386 Å². The van der Waals surface area contributed by atoms with Gasteiger partial charge in [0.25, 0.3) is 0 Å². The SMILES string of the molecule is CC(C)(C)c1ccc2c(c1)-c1nc-2nc2[n-]c(nc3nc(nc4[n-]c(n1)c1ccc(C(C)(C)C)cc41)-c1ccc(C(C)(C)C)cc1-3)c1ccc(C(C)(C)C)cc21.O=S(=O)([O-])C(F)(F)F.[Cr+3]. The molecule has 0 aliphatic carbocycles. The van der Waals surface area contributed by atoms with Crippen LogP contribution in [0, 0.1) is 0 Å². The summed E-state index contributed by atoms with van der Waals surface area (Å²) >= 11 is 0. The summed E-state index contributed by atoms with van der Waals surface area (Å²) in [5.41, 5.74) is 4.65. The Hall–Kier alpha value is -5.53. The maximum Gasteiger partial charge on any atom is 3.00 e. The third-order valence-electron chi connectivity index (χ3n) is 11.4. The van der Waals surface area contributed by atoms with Gasteiger partial charge in [0.1, 0.15) is 0 Å². The molecule has 0 atom stereocenters. The van der Waals surface area contributed by atoms with Gasteiger partial charge in [0, 0.05) is 44.8 Å². The number of halogens is 3. The van der Waals surface area contributed by atoms with E-state index in [1.165, 1.54) is 22.3 Å². The normalized spacial score (nSPS) is 13.2. The van der Waals surface area contributed by atoms with Crippen LogP contribution in [0.1, 0.15) is 105 Å². The molecular weight excluding hydrogens is 890 g/mol. The first-order valence-corrected chi connectivity index (χ1v) is 22.2. The Morgan fingerprint density at radius 3 is 0.969 bits per heavy atom. The number of hydrogen-bond donors (Lipinski definition) is 0. The average molecular weight is 938 g/mol. The molecule has 3 aromatic heterocycles. The van der Waals surface area contributed by atoms with Gasteiger partial charge < -0.3 is 34.5 Å². The van der Waals surface area contributed by atoms with E-state index in [0.29, 0.717) is 45.9 Å². The molecule has 0 unspecified atom stereocenters. The van der Waals surface area contributed by atoms with Gasteiger partial charge in [0.2, 0.25) is 0 Å². The van der Waals surface area contributed by atoms with Gasteiger partial charge in [-0.05, 0) is 89.7 Å². The fourth-order valence-corrected chi connectivity index (χ4v) is 7.53. The van der Waals surface area contributed by atoms with Gasteiger partial charge in [-0.15, -0.1) is 0 Å². The standard InChI is InChI=1S/C48H48N8.CHF3O3S.Cr/c1-45(2,3)25-13-17-29-33(21-25)41-49-37(29)54-42-35-23-27(47(7,8)9)15-19-31(35)39(51-42)56-44-36-24-28(48(10,11)12)16-20-32(36)40(52-44)55-43-34-22-26(46(4,5)6)14-18-30(34)38(50-43)53-41;2-1(3,4)8(5,6)7;/h13-24H,1-12H3;(H,5,6,7);/q-2;;+3/p-1. The molecule has 1 radical (unpaired) electrons. The molecule has 7 aromatic rings. The van der Waals surface area contributed by atoms with Crippen LogP contribution in [0.25, 0.3) is 89.7 Å². The number of rotatable bonds is 0. The molecule has 0 amide bonds. The summed E-state index contributed by atoms with van der Waals surface area (Å²) in [6.45, 7) is 26.6. The molecule has 335 valence electrons. The van der Waals surface area contributed by atoms with E-state index in [9.17, 15) is 13.2 Å². The molecule has 2 aliphatic heterocycles. The van der Waals surface area contributed by atoms with Gasteiger partial charge in [-0.2, -0.15) is 13.2 Å². The molecule has 0 fully saturated rings. The van der Waals surface area contributed by atoms with E-state index in [4.69, 9.17) is 52.8 Å².